The normalized spacial score (nSPS) is 14.9. The van der Waals surface area contributed by atoms with E-state index in [1.165, 1.54) is 61.9 Å². The molecule has 6 heteroatoms. The quantitative estimate of drug-likeness (QED) is 0.179. The molecule has 0 N–H and O–H groups in total. The van der Waals surface area contributed by atoms with Crippen LogP contribution in [0.25, 0.3) is 95.7 Å². The van der Waals surface area contributed by atoms with Gasteiger partial charge in [0, 0.05) is 67.8 Å². The number of nitrogens with zero attached hydrogens (tertiary/aromatic N) is 3. The van der Waals surface area contributed by atoms with Gasteiger partial charge in [0.05, 0.1) is 27.3 Å². The molecule has 0 radical (unpaired) electrons. The topological polar surface area (TPSA) is 30.7 Å². The molecule has 51 heavy (non-hydrogen) atoms. The van der Waals surface area contributed by atoms with Crippen LogP contribution in [0.1, 0.15) is 5.69 Å². The van der Waals surface area contributed by atoms with Gasteiger partial charge in [0.15, 0.2) is 0 Å². The van der Waals surface area contributed by atoms with Gasteiger partial charge < -0.3 is 0 Å². The predicted octanol–water partition coefficient (Wildman–Crippen LogP) is 13.4. The molecule has 0 amide bonds. The van der Waals surface area contributed by atoms with Gasteiger partial charge in [-0.15, -0.1) is 34.4 Å². The van der Waals surface area contributed by atoms with Crippen LogP contribution in [0, 0.1) is 0 Å². The minimum Gasteiger partial charge on any atom is -0.277 e. The first-order valence-corrected chi connectivity index (χ1v) is 19.6. The smallest absolute Gasteiger partial charge is 0.235 e. The third-order valence-corrected chi connectivity index (χ3v) is 13.5. The van der Waals surface area contributed by atoms with Crippen LogP contribution in [0.2, 0.25) is 0 Å². The Balaban J connectivity index is 1.34. The zero-order chi connectivity index (χ0) is 33.6. The Labute approximate surface area is 305 Å². The number of aromatic nitrogens is 3. The summed E-state index contributed by atoms with van der Waals surface area (Å²) in [5, 5.41) is 9.98. The number of fused-ring (bicyclic) bond motifs is 14. The Morgan fingerprint density at radius 3 is 2.08 bits per heavy atom. The highest BCUT2D eigenvalue weighted by Crippen LogP contribution is 2.49. The fourth-order valence-electron chi connectivity index (χ4n) is 7.85. The second-order valence-corrected chi connectivity index (χ2v) is 16.0. The fraction of sp³-hybridized carbons (Fsp3) is 0.0222. The zero-order valence-corrected chi connectivity index (χ0v) is 29.7. The standard InChI is InChI=1S/C45H27N3S3/c1-26-14-3-2-12-25-49-44-39(26)46-45(47-40(44)33-21-13-20-29-27-15-7-10-23-35(27)50-42(29)33)48-34-22-9-6-18-31(34)37-28-16-4-5-17-30(28)43-38(41(37)48)32-19-8-11-24-36(32)51-43/h2-24H,1,25H2/b12-2-,14-3-. The van der Waals surface area contributed by atoms with Crippen LogP contribution < -0.4 is 0 Å². The molecule has 4 aromatic heterocycles. The van der Waals surface area contributed by atoms with Crippen molar-refractivity contribution >= 4 is 113 Å². The molecule has 3 nitrogen and oxygen atoms in total. The minimum atomic E-state index is 0.655. The Bertz CT molecular complexity index is 3170. The maximum absolute atomic E-state index is 5.66. The van der Waals surface area contributed by atoms with Gasteiger partial charge in [-0.3, -0.25) is 4.57 Å². The van der Waals surface area contributed by atoms with E-state index in [1.807, 2.05) is 22.7 Å². The van der Waals surface area contributed by atoms with Gasteiger partial charge in [-0.05, 0) is 29.2 Å². The van der Waals surface area contributed by atoms with Crippen molar-refractivity contribution in [3.63, 3.8) is 0 Å². The molecule has 0 saturated carbocycles. The van der Waals surface area contributed by atoms with Crippen LogP contribution in [0.15, 0.2) is 151 Å². The highest BCUT2D eigenvalue weighted by Gasteiger charge is 2.26. The van der Waals surface area contributed by atoms with Crippen molar-refractivity contribution in [3.05, 3.63) is 152 Å². The van der Waals surface area contributed by atoms with Crippen molar-refractivity contribution in [1.82, 2.24) is 14.5 Å². The molecule has 10 aromatic rings. The van der Waals surface area contributed by atoms with Crippen LogP contribution in [0.5, 0.6) is 0 Å². The number of hydrogen-bond donors (Lipinski definition) is 0. The SMILES string of the molecule is C=C1/C=C\C=C/CSc2c1nc(-n1c3ccccc3c3c4ccccc4c4sc5ccccc5c4c31)nc2-c1cccc2c1sc1ccccc12. The average molecular weight is 706 g/mol. The highest BCUT2D eigenvalue weighted by atomic mass is 32.2. The highest BCUT2D eigenvalue weighted by molar-refractivity contribution is 7.99. The van der Waals surface area contributed by atoms with E-state index >= 15 is 0 Å². The second kappa shape index (κ2) is 11.2. The van der Waals surface area contributed by atoms with E-state index in [-0.39, 0.29) is 0 Å². The first-order chi connectivity index (χ1) is 25.2. The number of para-hydroxylation sites is 1. The minimum absolute atomic E-state index is 0.655. The maximum Gasteiger partial charge on any atom is 0.235 e. The van der Waals surface area contributed by atoms with E-state index in [9.17, 15) is 0 Å². The number of thiophene rings is 2. The lowest BCUT2D eigenvalue weighted by molar-refractivity contribution is 0.959. The maximum atomic E-state index is 5.66. The van der Waals surface area contributed by atoms with E-state index in [4.69, 9.17) is 9.97 Å². The lowest BCUT2D eigenvalue weighted by atomic mass is 10.00. The van der Waals surface area contributed by atoms with Crippen molar-refractivity contribution in [2.24, 2.45) is 0 Å². The first kappa shape index (κ1) is 29.2. The lowest BCUT2D eigenvalue weighted by Gasteiger charge is -2.17. The molecule has 5 heterocycles. The van der Waals surface area contributed by atoms with Crippen LogP contribution in [-0.4, -0.2) is 20.3 Å². The summed E-state index contributed by atoms with van der Waals surface area (Å²) < 4.78 is 7.41. The first-order valence-electron chi connectivity index (χ1n) is 17.0. The largest absolute Gasteiger partial charge is 0.277 e. The average Bonchev–Trinajstić information content (AvgIpc) is 3.87. The summed E-state index contributed by atoms with van der Waals surface area (Å²) in [5.41, 5.74) is 6.04. The number of allylic oxidation sites excluding steroid dienone is 4. The van der Waals surface area contributed by atoms with Crippen molar-refractivity contribution < 1.29 is 0 Å². The number of thioether (sulfide) groups is 1. The second-order valence-electron chi connectivity index (χ2n) is 12.9. The summed E-state index contributed by atoms with van der Waals surface area (Å²) in [5.74, 6) is 1.47. The van der Waals surface area contributed by atoms with Crippen LogP contribution in [0.4, 0.5) is 0 Å². The molecule has 1 aliphatic heterocycles. The van der Waals surface area contributed by atoms with E-state index < -0.39 is 0 Å². The molecule has 0 unspecified atom stereocenters. The third kappa shape index (κ3) is 4.24. The molecule has 11 rings (SSSR count). The molecule has 0 bridgehead atoms. The monoisotopic (exact) mass is 705 g/mol. The molecule has 0 fully saturated rings. The van der Waals surface area contributed by atoms with Crippen molar-refractivity contribution in [2.75, 3.05) is 5.75 Å². The number of rotatable bonds is 2. The van der Waals surface area contributed by atoms with E-state index in [0.29, 0.717) is 5.95 Å². The van der Waals surface area contributed by atoms with Crippen LogP contribution in [0.3, 0.4) is 0 Å². The van der Waals surface area contributed by atoms with Crippen molar-refractivity contribution in [3.8, 4) is 17.2 Å². The third-order valence-electron chi connectivity index (χ3n) is 10.0. The van der Waals surface area contributed by atoms with Gasteiger partial charge in [-0.2, -0.15) is 0 Å². The Hall–Kier alpha value is -5.53. The van der Waals surface area contributed by atoms with Gasteiger partial charge >= 0.3 is 0 Å². The summed E-state index contributed by atoms with van der Waals surface area (Å²) in [4.78, 5) is 12.2. The molecule has 0 aliphatic carbocycles. The van der Waals surface area contributed by atoms with Crippen LogP contribution in [-0.2, 0) is 0 Å². The summed E-state index contributed by atoms with van der Waals surface area (Å²) >= 11 is 5.49. The molecular weight excluding hydrogens is 679 g/mol. The van der Waals surface area contributed by atoms with Gasteiger partial charge in [-0.25, -0.2) is 9.97 Å². The van der Waals surface area contributed by atoms with E-state index in [0.717, 1.165) is 44.2 Å². The summed E-state index contributed by atoms with van der Waals surface area (Å²) in [7, 11) is 0. The van der Waals surface area contributed by atoms with Gasteiger partial charge in [0.2, 0.25) is 5.95 Å². The Morgan fingerprint density at radius 2 is 1.22 bits per heavy atom. The molecule has 0 saturated heterocycles. The molecule has 0 atom stereocenters. The number of hydrogen-bond acceptors (Lipinski definition) is 5. The van der Waals surface area contributed by atoms with E-state index in [1.54, 1.807) is 11.8 Å². The van der Waals surface area contributed by atoms with Crippen LogP contribution >= 0.6 is 34.4 Å². The molecule has 6 aromatic carbocycles. The summed E-state index contributed by atoms with van der Waals surface area (Å²) in [6.45, 7) is 4.57. The lowest BCUT2D eigenvalue weighted by Crippen LogP contribution is -2.07. The van der Waals surface area contributed by atoms with Crippen molar-refractivity contribution in [1.29, 1.82) is 0 Å². The summed E-state index contributed by atoms with van der Waals surface area (Å²) in [6, 6.07) is 41.7. The molecule has 1 aliphatic rings. The Morgan fingerprint density at radius 1 is 0.569 bits per heavy atom. The fourth-order valence-corrected chi connectivity index (χ4v) is 11.3. The molecular formula is C45H27N3S3. The summed E-state index contributed by atoms with van der Waals surface area (Å²) in [6.07, 6.45) is 8.44. The van der Waals surface area contributed by atoms with Gasteiger partial charge in [0.25, 0.3) is 0 Å². The molecule has 0 spiro atoms. The van der Waals surface area contributed by atoms with Crippen molar-refractivity contribution in [2.45, 2.75) is 4.90 Å². The van der Waals surface area contributed by atoms with Gasteiger partial charge in [-0.1, -0.05) is 128 Å². The molecule has 240 valence electrons. The van der Waals surface area contributed by atoms with Gasteiger partial charge in [0.1, 0.15) is 0 Å². The zero-order valence-electron chi connectivity index (χ0n) is 27.3. The predicted molar refractivity (Wildman–Crippen MR) is 223 cm³/mol. The number of benzene rings is 6. The Kier molecular flexibility index (Phi) is 6.44. The van der Waals surface area contributed by atoms with E-state index in [2.05, 4.69) is 151 Å².